The number of aliphatic hydroxyl groups excluding tert-OH is 1. The molecule has 0 saturated heterocycles. The first-order chi connectivity index (χ1) is 8.72. The third-order valence-corrected chi connectivity index (χ3v) is 2.57. The summed E-state index contributed by atoms with van der Waals surface area (Å²) in [6.45, 7) is 8.04. The van der Waals surface area contributed by atoms with Crippen LogP contribution in [0.25, 0.3) is 0 Å². The highest BCUT2D eigenvalue weighted by atomic mass is 16.5. The lowest BCUT2D eigenvalue weighted by Crippen LogP contribution is -1.95. The van der Waals surface area contributed by atoms with Crippen molar-refractivity contribution < 1.29 is 9.84 Å². The Balaban J connectivity index is 0.000000321. The molecule has 0 aliphatic heterocycles. The summed E-state index contributed by atoms with van der Waals surface area (Å²) in [5.74, 6) is 0. The molecule has 18 heavy (non-hydrogen) atoms. The first-order valence-corrected chi connectivity index (χ1v) is 7.03. The van der Waals surface area contributed by atoms with Gasteiger partial charge in [0.1, 0.15) is 0 Å². The summed E-state index contributed by atoms with van der Waals surface area (Å²) >= 11 is 0. The van der Waals surface area contributed by atoms with Crippen LogP contribution >= 0.6 is 0 Å². The Bertz CT molecular complexity index is 251. The van der Waals surface area contributed by atoms with Gasteiger partial charge in [0, 0.05) is 13.2 Å². The molecule has 2 nitrogen and oxygen atoms in total. The van der Waals surface area contributed by atoms with Crippen molar-refractivity contribution in [2.75, 3.05) is 13.2 Å². The summed E-state index contributed by atoms with van der Waals surface area (Å²) in [4.78, 5) is 0. The average molecular weight is 252 g/mol. The van der Waals surface area contributed by atoms with Gasteiger partial charge < -0.3 is 9.84 Å². The van der Waals surface area contributed by atoms with Crippen molar-refractivity contribution in [3.05, 3.63) is 35.9 Å². The smallest absolute Gasteiger partial charge is 0.0761 e. The molecular weight excluding hydrogens is 224 g/mol. The Labute approximate surface area is 112 Å². The normalized spacial score (nSPS) is 11.6. The van der Waals surface area contributed by atoms with Crippen molar-refractivity contribution in [2.24, 2.45) is 0 Å². The van der Waals surface area contributed by atoms with Crippen LogP contribution in [-0.4, -0.2) is 18.3 Å². The molecule has 0 aliphatic carbocycles. The van der Waals surface area contributed by atoms with E-state index in [4.69, 9.17) is 9.84 Å². The van der Waals surface area contributed by atoms with Crippen LogP contribution in [0.4, 0.5) is 0 Å². The summed E-state index contributed by atoms with van der Waals surface area (Å²) in [5.41, 5.74) is 0.970. The number of hydrogen-bond donors (Lipinski definition) is 1. The minimum absolute atomic E-state index is 0.341. The van der Waals surface area contributed by atoms with Crippen molar-refractivity contribution in [2.45, 2.75) is 52.6 Å². The molecule has 1 aromatic carbocycles. The molecule has 0 fully saturated rings. The van der Waals surface area contributed by atoms with E-state index in [-0.39, 0.29) is 6.10 Å². The minimum atomic E-state index is -0.341. The Kier molecular flexibility index (Phi) is 12.0. The summed E-state index contributed by atoms with van der Waals surface area (Å²) in [6, 6.07) is 9.59. The van der Waals surface area contributed by atoms with Gasteiger partial charge >= 0.3 is 0 Å². The first-order valence-electron chi connectivity index (χ1n) is 7.03. The molecule has 1 rings (SSSR count). The Morgan fingerprint density at radius 1 is 1.00 bits per heavy atom. The Morgan fingerprint density at radius 3 is 1.83 bits per heavy atom. The van der Waals surface area contributed by atoms with E-state index in [2.05, 4.69) is 13.8 Å². The van der Waals surface area contributed by atoms with E-state index in [1.807, 2.05) is 30.3 Å². The third-order valence-electron chi connectivity index (χ3n) is 2.57. The van der Waals surface area contributed by atoms with Crippen molar-refractivity contribution in [1.29, 1.82) is 0 Å². The topological polar surface area (TPSA) is 29.5 Å². The molecule has 0 amide bonds. The largest absolute Gasteiger partial charge is 0.389 e. The molecule has 0 aromatic heterocycles. The van der Waals surface area contributed by atoms with Crippen molar-refractivity contribution in [1.82, 2.24) is 0 Å². The fraction of sp³-hybridized carbons (Fsp3) is 0.625. The average Bonchev–Trinajstić information content (AvgIpc) is 2.40. The standard InChI is InChI=1S/C8H10O.C8H18O/c1-7(9)8-5-3-2-4-6-8;1-3-5-7-9-8-6-4-2/h2-7,9H,1H3;3-8H2,1-2H3. The van der Waals surface area contributed by atoms with Gasteiger partial charge in [0.05, 0.1) is 6.10 Å². The first kappa shape index (κ1) is 17.1. The number of hydrogen-bond acceptors (Lipinski definition) is 2. The second-order valence-electron chi connectivity index (χ2n) is 4.41. The summed E-state index contributed by atoms with van der Waals surface area (Å²) in [5, 5.41) is 9.02. The van der Waals surface area contributed by atoms with E-state index >= 15 is 0 Å². The van der Waals surface area contributed by atoms with Crippen LogP contribution in [0.3, 0.4) is 0 Å². The molecule has 0 bridgehead atoms. The summed E-state index contributed by atoms with van der Waals surface area (Å²) < 4.78 is 5.31. The Morgan fingerprint density at radius 2 is 1.50 bits per heavy atom. The fourth-order valence-electron chi connectivity index (χ4n) is 1.33. The number of aliphatic hydroxyl groups is 1. The third kappa shape index (κ3) is 10.3. The molecule has 0 saturated carbocycles. The van der Waals surface area contributed by atoms with E-state index in [1.54, 1.807) is 6.92 Å². The predicted molar refractivity (Wildman–Crippen MR) is 77.7 cm³/mol. The number of benzene rings is 1. The molecule has 0 aliphatic rings. The maximum absolute atomic E-state index is 9.02. The molecule has 2 heteroatoms. The quantitative estimate of drug-likeness (QED) is 0.731. The zero-order valence-corrected chi connectivity index (χ0v) is 12.1. The van der Waals surface area contributed by atoms with Crippen LogP contribution < -0.4 is 0 Å². The van der Waals surface area contributed by atoms with E-state index < -0.39 is 0 Å². The highest BCUT2D eigenvalue weighted by Crippen LogP contribution is 2.09. The molecular formula is C16H28O2. The van der Waals surface area contributed by atoms with Crippen LogP contribution in [0.2, 0.25) is 0 Å². The lowest BCUT2D eigenvalue weighted by molar-refractivity contribution is 0.128. The summed E-state index contributed by atoms with van der Waals surface area (Å²) in [7, 11) is 0. The molecule has 1 unspecified atom stereocenters. The van der Waals surface area contributed by atoms with Gasteiger partial charge in [-0.1, -0.05) is 57.0 Å². The van der Waals surface area contributed by atoms with Crippen LogP contribution in [0.1, 0.15) is 58.1 Å². The maximum Gasteiger partial charge on any atom is 0.0761 e. The molecule has 1 aromatic rings. The van der Waals surface area contributed by atoms with E-state index in [0.717, 1.165) is 18.8 Å². The van der Waals surface area contributed by atoms with Crippen LogP contribution in [-0.2, 0) is 4.74 Å². The second-order valence-corrected chi connectivity index (χ2v) is 4.41. The van der Waals surface area contributed by atoms with Gasteiger partial charge in [0.25, 0.3) is 0 Å². The number of rotatable bonds is 7. The maximum atomic E-state index is 9.02. The minimum Gasteiger partial charge on any atom is -0.389 e. The number of unbranched alkanes of at least 4 members (excludes halogenated alkanes) is 2. The lowest BCUT2D eigenvalue weighted by Gasteiger charge is -2.00. The van der Waals surface area contributed by atoms with E-state index in [1.165, 1.54) is 25.7 Å². The highest BCUT2D eigenvalue weighted by Gasteiger charge is 1.95. The van der Waals surface area contributed by atoms with E-state index in [0.29, 0.717) is 0 Å². The lowest BCUT2D eigenvalue weighted by atomic mass is 10.1. The van der Waals surface area contributed by atoms with Crippen molar-refractivity contribution in [3.8, 4) is 0 Å². The van der Waals surface area contributed by atoms with Crippen LogP contribution in [0, 0.1) is 0 Å². The highest BCUT2D eigenvalue weighted by molar-refractivity contribution is 5.16. The Hall–Kier alpha value is -0.860. The zero-order chi connectivity index (χ0) is 13.6. The number of ether oxygens (including phenoxy) is 1. The zero-order valence-electron chi connectivity index (χ0n) is 12.1. The molecule has 1 atom stereocenters. The molecule has 104 valence electrons. The second kappa shape index (κ2) is 12.6. The van der Waals surface area contributed by atoms with Crippen LogP contribution in [0.5, 0.6) is 0 Å². The van der Waals surface area contributed by atoms with Gasteiger partial charge in [-0.3, -0.25) is 0 Å². The molecule has 0 spiro atoms. The van der Waals surface area contributed by atoms with Crippen molar-refractivity contribution in [3.63, 3.8) is 0 Å². The molecule has 0 radical (unpaired) electrons. The molecule has 1 N–H and O–H groups in total. The fourth-order valence-corrected chi connectivity index (χ4v) is 1.33. The monoisotopic (exact) mass is 252 g/mol. The SMILES string of the molecule is CC(O)c1ccccc1.CCCCOCCCC. The predicted octanol–water partition coefficient (Wildman–Crippen LogP) is 4.34. The van der Waals surface area contributed by atoms with Crippen LogP contribution in [0.15, 0.2) is 30.3 Å². The van der Waals surface area contributed by atoms with Gasteiger partial charge in [-0.05, 0) is 25.3 Å². The van der Waals surface area contributed by atoms with Gasteiger partial charge in [-0.2, -0.15) is 0 Å². The van der Waals surface area contributed by atoms with Gasteiger partial charge in [-0.25, -0.2) is 0 Å². The summed E-state index contributed by atoms with van der Waals surface area (Å²) in [6.07, 6.45) is 4.57. The van der Waals surface area contributed by atoms with E-state index in [9.17, 15) is 0 Å². The van der Waals surface area contributed by atoms with Crippen molar-refractivity contribution >= 4 is 0 Å². The van der Waals surface area contributed by atoms with Gasteiger partial charge in [0.15, 0.2) is 0 Å². The van der Waals surface area contributed by atoms with Gasteiger partial charge in [0.2, 0.25) is 0 Å². The molecule has 0 heterocycles. The van der Waals surface area contributed by atoms with Gasteiger partial charge in [-0.15, -0.1) is 0 Å².